The molecule has 31 heavy (non-hydrogen) atoms. The molecule has 3 rings (SSSR count). The molecule has 3 N–H and O–H groups in total. The number of aromatic nitrogens is 1. The van der Waals surface area contributed by atoms with E-state index in [1.165, 1.54) is 16.7 Å². The summed E-state index contributed by atoms with van der Waals surface area (Å²) in [5, 5.41) is 7.77. The molecule has 0 bridgehead atoms. The lowest BCUT2D eigenvalue weighted by Gasteiger charge is -2.10. The Balaban J connectivity index is 1.85. The molecule has 8 nitrogen and oxygen atoms in total. The molecule has 9 heteroatoms. The van der Waals surface area contributed by atoms with Crippen LogP contribution in [0.2, 0.25) is 0 Å². The van der Waals surface area contributed by atoms with Crippen molar-refractivity contribution in [2.24, 2.45) is 7.05 Å². The van der Waals surface area contributed by atoms with Gasteiger partial charge in [0.2, 0.25) is 5.91 Å². The lowest BCUT2D eigenvalue weighted by Crippen LogP contribution is -2.43. The van der Waals surface area contributed by atoms with E-state index in [0.717, 1.165) is 0 Å². The molecule has 1 saturated heterocycles. The summed E-state index contributed by atoms with van der Waals surface area (Å²) in [5.74, 6) is -2.86. The highest BCUT2D eigenvalue weighted by Gasteiger charge is 2.32. The molecule has 0 unspecified atom stereocenters. The van der Waals surface area contributed by atoms with E-state index < -0.39 is 23.6 Å². The minimum Gasteiger partial charge on any atom is -0.354 e. The van der Waals surface area contributed by atoms with Crippen LogP contribution in [0.1, 0.15) is 51.0 Å². The molecule has 1 aromatic carbocycles. The van der Waals surface area contributed by atoms with Crippen molar-refractivity contribution in [1.82, 2.24) is 15.2 Å². The Morgan fingerprint density at radius 3 is 2.58 bits per heavy atom. The highest BCUT2D eigenvalue weighted by molar-refractivity contribution is 6.43. The highest BCUT2D eigenvalue weighted by atomic mass is 19.1. The quantitative estimate of drug-likeness (QED) is 0.481. The Bertz CT molecular complexity index is 1090. The topological polar surface area (TPSA) is 109 Å². The molecule has 1 fully saturated rings. The molecule has 3 amide bonds. The Morgan fingerprint density at radius 1 is 1.26 bits per heavy atom. The van der Waals surface area contributed by atoms with Crippen molar-refractivity contribution in [2.75, 3.05) is 11.9 Å². The smallest absolute Gasteiger partial charge is 0.294 e. The minimum atomic E-state index is -0.899. The summed E-state index contributed by atoms with van der Waals surface area (Å²) in [6.45, 7) is 5.51. The predicted octanol–water partition coefficient (Wildman–Crippen LogP) is 1.78. The second kappa shape index (κ2) is 8.71. The van der Waals surface area contributed by atoms with Crippen LogP contribution in [0.5, 0.6) is 0 Å². The third-order valence-electron chi connectivity index (χ3n) is 5.62. The summed E-state index contributed by atoms with van der Waals surface area (Å²) in [4.78, 5) is 49.9. The van der Waals surface area contributed by atoms with Crippen LogP contribution in [0.25, 0.3) is 0 Å². The first-order chi connectivity index (χ1) is 14.6. The average molecular weight is 428 g/mol. The molecule has 0 spiro atoms. The third-order valence-corrected chi connectivity index (χ3v) is 5.62. The fraction of sp³-hybridized carbons (Fsp3) is 0.364. The van der Waals surface area contributed by atoms with Crippen molar-refractivity contribution in [2.45, 2.75) is 39.7 Å². The standard InChI is InChI=1S/C22H25FN4O4/c1-5-13-10-14(6-7-15(13)23)25-21(30)17-11(2)18(27(4)12(17)3)19(28)22(31)26-16-8-9-24-20(16)29/h6-7,10,16H,5,8-9H2,1-4H3,(H,24,29)(H,25,30)(H,26,31)/t16-/m0/s1. The zero-order valence-corrected chi connectivity index (χ0v) is 17.9. The number of amides is 3. The van der Waals surface area contributed by atoms with Gasteiger partial charge in [-0.3, -0.25) is 19.2 Å². The maximum Gasteiger partial charge on any atom is 0.294 e. The van der Waals surface area contributed by atoms with E-state index in [9.17, 15) is 23.6 Å². The first-order valence-electron chi connectivity index (χ1n) is 10.0. The number of halogens is 1. The lowest BCUT2D eigenvalue weighted by atomic mass is 10.1. The van der Waals surface area contributed by atoms with E-state index >= 15 is 0 Å². The first kappa shape index (κ1) is 22.2. The number of anilines is 1. The molecule has 0 saturated carbocycles. The van der Waals surface area contributed by atoms with Crippen molar-refractivity contribution in [3.05, 3.63) is 52.1 Å². The van der Waals surface area contributed by atoms with Gasteiger partial charge in [0.05, 0.1) is 11.3 Å². The van der Waals surface area contributed by atoms with Gasteiger partial charge >= 0.3 is 0 Å². The molecular weight excluding hydrogens is 403 g/mol. The Labute approximate surface area is 179 Å². The number of aryl methyl sites for hydroxylation is 1. The molecule has 164 valence electrons. The molecule has 2 heterocycles. The van der Waals surface area contributed by atoms with Crippen molar-refractivity contribution in [3.63, 3.8) is 0 Å². The molecular formula is C22H25FN4O4. The number of rotatable bonds is 6. The van der Waals surface area contributed by atoms with Gasteiger partial charge in [0.1, 0.15) is 11.9 Å². The van der Waals surface area contributed by atoms with Crippen molar-refractivity contribution in [3.8, 4) is 0 Å². The molecule has 0 radical (unpaired) electrons. The van der Waals surface area contributed by atoms with Gasteiger partial charge in [-0.15, -0.1) is 0 Å². The summed E-state index contributed by atoms with van der Waals surface area (Å²) in [7, 11) is 1.59. The van der Waals surface area contributed by atoms with Crippen LogP contribution >= 0.6 is 0 Å². The Hall–Kier alpha value is -3.49. The number of benzene rings is 1. The van der Waals surface area contributed by atoms with Crippen molar-refractivity contribution >= 4 is 29.2 Å². The molecule has 0 aliphatic carbocycles. The summed E-state index contributed by atoms with van der Waals surface area (Å²) in [6, 6.07) is 3.57. The number of carbonyl (C=O) groups is 4. The van der Waals surface area contributed by atoms with Gasteiger partial charge in [0.15, 0.2) is 0 Å². The highest BCUT2D eigenvalue weighted by Crippen LogP contribution is 2.24. The maximum absolute atomic E-state index is 13.7. The van der Waals surface area contributed by atoms with E-state index in [1.54, 1.807) is 27.0 Å². The van der Waals surface area contributed by atoms with Crippen LogP contribution in [0, 0.1) is 19.7 Å². The fourth-order valence-corrected chi connectivity index (χ4v) is 3.81. The lowest BCUT2D eigenvalue weighted by molar-refractivity contribution is -0.125. The van der Waals surface area contributed by atoms with E-state index in [-0.39, 0.29) is 23.0 Å². The first-order valence-corrected chi connectivity index (χ1v) is 10.0. The normalized spacial score (nSPS) is 15.5. The number of carbonyl (C=O) groups excluding carboxylic acids is 4. The van der Waals surface area contributed by atoms with Gasteiger partial charge in [0, 0.05) is 25.0 Å². The van der Waals surface area contributed by atoms with Gasteiger partial charge in [-0.2, -0.15) is 0 Å². The van der Waals surface area contributed by atoms with Gasteiger partial charge in [0.25, 0.3) is 17.6 Å². The third kappa shape index (κ3) is 4.21. The van der Waals surface area contributed by atoms with E-state index in [1.807, 2.05) is 6.92 Å². The maximum atomic E-state index is 13.7. The van der Waals surface area contributed by atoms with Crippen LogP contribution in [0.3, 0.4) is 0 Å². The van der Waals surface area contributed by atoms with E-state index in [2.05, 4.69) is 16.0 Å². The van der Waals surface area contributed by atoms with Crippen LogP contribution in [-0.4, -0.2) is 40.7 Å². The summed E-state index contributed by atoms with van der Waals surface area (Å²) in [6.07, 6.45) is 0.889. The van der Waals surface area contributed by atoms with Crippen LogP contribution in [0.4, 0.5) is 10.1 Å². The molecule has 1 atom stereocenters. The fourth-order valence-electron chi connectivity index (χ4n) is 3.81. The second-order valence-electron chi connectivity index (χ2n) is 7.54. The van der Waals surface area contributed by atoms with E-state index in [0.29, 0.717) is 41.9 Å². The van der Waals surface area contributed by atoms with Crippen LogP contribution in [-0.2, 0) is 23.1 Å². The summed E-state index contributed by atoms with van der Waals surface area (Å²) >= 11 is 0. The molecule has 1 aliphatic rings. The van der Waals surface area contributed by atoms with Crippen LogP contribution in [0.15, 0.2) is 18.2 Å². The monoisotopic (exact) mass is 428 g/mol. The van der Waals surface area contributed by atoms with E-state index in [4.69, 9.17) is 0 Å². The van der Waals surface area contributed by atoms with Gasteiger partial charge in [-0.05, 0) is 56.0 Å². The van der Waals surface area contributed by atoms with Gasteiger partial charge in [-0.25, -0.2) is 4.39 Å². The largest absolute Gasteiger partial charge is 0.354 e. The molecule has 2 aromatic rings. The summed E-state index contributed by atoms with van der Waals surface area (Å²) < 4.78 is 15.2. The number of hydrogen-bond acceptors (Lipinski definition) is 4. The Morgan fingerprint density at radius 2 is 1.97 bits per heavy atom. The number of nitrogens with one attached hydrogen (secondary N) is 3. The second-order valence-corrected chi connectivity index (χ2v) is 7.54. The minimum absolute atomic E-state index is 0.0758. The van der Waals surface area contributed by atoms with Crippen molar-refractivity contribution < 1.29 is 23.6 Å². The SMILES string of the molecule is CCc1cc(NC(=O)c2c(C)c(C(=O)C(=O)N[C@H]3CCNC3=O)n(C)c2C)ccc1F. The zero-order valence-electron chi connectivity index (χ0n) is 17.9. The number of hydrogen-bond donors (Lipinski definition) is 3. The summed E-state index contributed by atoms with van der Waals surface area (Å²) in [5.41, 5.74) is 2.10. The molecule has 1 aromatic heterocycles. The number of nitrogens with zero attached hydrogens (tertiary/aromatic N) is 1. The number of ketones is 1. The van der Waals surface area contributed by atoms with Crippen molar-refractivity contribution in [1.29, 1.82) is 0 Å². The molecule has 1 aliphatic heterocycles. The van der Waals surface area contributed by atoms with Crippen LogP contribution < -0.4 is 16.0 Å². The van der Waals surface area contributed by atoms with Gasteiger partial charge < -0.3 is 20.5 Å². The zero-order chi connectivity index (χ0) is 22.9. The Kier molecular flexibility index (Phi) is 6.24. The van der Waals surface area contributed by atoms with Gasteiger partial charge in [-0.1, -0.05) is 6.92 Å². The predicted molar refractivity (Wildman–Crippen MR) is 113 cm³/mol. The number of Topliss-reactive ketones (excluding diaryl/α,β-unsaturated/α-hetero) is 1. The average Bonchev–Trinajstić information content (AvgIpc) is 3.22.